The maximum Gasteiger partial charge on any atom is 0.227 e. The van der Waals surface area contributed by atoms with Gasteiger partial charge in [0.25, 0.3) is 0 Å². The molecule has 1 atom stereocenters. The van der Waals surface area contributed by atoms with Crippen LogP contribution >= 0.6 is 0 Å². The lowest BCUT2D eigenvalue weighted by molar-refractivity contribution is -0.137. The van der Waals surface area contributed by atoms with Gasteiger partial charge in [-0.05, 0) is 38.3 Å². The van der Waals surface area contributed by atoms with Crippen LogP contribution < -0.4 is 5.32 Å². The van der Waals surface area contributed by atoms with Crippen LogP contribution in [0.3, 0.4) is 0 Å². The fourth-order valence-corrected chi connectivity index (χ4v) is 2.95. The average Bonchev–Trinajstić information content (AvgIpc) is 2.46. The summed E-state index contributed by atoms with van der Waals surface area (Å²) in [7, 11) is 0. The van der Waals surface area contributed by atoms with Crippen molar-refractivity contribution in [1.82, 2.24) is 15.1 Å². The van der Waals surface area contributed by atoms with Gasteiger partial charge < -0.3 is 10.2 Å². The fourth-order valence-electron chi connectivity index (χ4n) is 2.95. The highest BCUT2D eigenvalue weighted by molar-refractivity contribution is 5.79. The van der Waals surface area contributed by atoms with Gasteiger partial charge in [0.15, 0.2) is 0 Å². The van der Waals surface area contributed by atoms with Gasteiger partial charge in [0.1, 0.15) is 0 Å². The predicted molar refractivity (Wildman–Crippen MR) is 78.1 cm³/mol. The number of nitrogens with zero attached hydrogens (tertiary/aromatic N) is 2. The molecule has 0 saturated carbocycles. The lowest BCUT2D eigenvalue weighted by Gasteiger charge is -2.37. The summed E-state index contributed by atoms with van der Waals surface area (Å²) in [6.07, 6.45) is 3.48. The van der Waals surface area contributed by atoms with Crippen molar-refractivity contribution >= 4 is 5.91 Å². The van der Waals surface area contributed by atoms with E-state index in [0.717, 1.165) is 58.0 Å². The van der Waals surface area contributed by atoms with Crippen LogP contribution in [0.5, 0.6) is 0 Å². The molecule has 1 amide bonds. The topological polar surface area (TPSA) is 35.6 Å². The Hall–Kier alpha value is -0.610. The Morgan fingerprint density at radius 1 is 1.26 bits per heavy atom. The molecule has 4 nitrogen and oxygen atoms in total. The summed E-state index contributed by atoms with van der Waals surface area (Å²) < 4.78 is 0. The molecular weight excluding hydrogens is 238 g/mol. The van der Waals surface area contributed by atoms with E-state index in [2.05, 4.69) is 29.0 Å². The Kier molecular flexibility index (Phi) is 5.64. The molecule has 19 heavy (non-hydrogen) atoms. The zero-order chi connectivity index (χ0) is 13.7. The highest BCUT2D eigenvalue weighted by atomic mass is 16.2. The Bertz CT molecular complexity index is 279. The smallest absolute Gasteiger partial charge is 0.227 e. The van der Waals surface area contributed by atoms with E-state index in [1.54, 1.807) is 0 Å². The van der Waals surface area contributed by atoms with E-state index in [4.69, 9.17) is 0 Å². The molecule has 0 bridgehead atoms. The van der Waals surface area contributed by atoms with Gasteiger partial charge in [-0.25, -0.2) is 0 Å². The molecule has 0 aromatic carbocycles. The summed E-state index contributed by atoms with van der Waals surface area (Å²) in [5.41, 5.74) is 0. The molecule has 0 aliphatic carbocycles. The Morgan fingerprint density at radius 2 is 2.00 bits per heavy atom. The molecule has 2 fully saturated rings. The summed E-state index contributed by atoms with van der Waals surface area (Å²) in [5.74, 6) is 1.39. The SMILES string of the molecule is CC(C)CCN1CCN(C(=O)C2CCCNC2)CC1. The number of piperazine rings is 1. The minimum Gasteiger partial charge on any atom is -0.340 e. The van der Waals surface area contributed by atoms with Gasteiger partial charge in [-0.2, -0.15) is 0 Å². The van der Waals surface area contributed by atoms with Crippen LogP contribution in [0.4, 0.5) is 0 Å². The third-order valence-corrected chi connectivity index (χ3v) is 4.35. The van der Waals surface area contributed by atoms with Crippen molar-refractivity contribution in [2.24, 2.45) is 11.8 Å². The standard InChI is InChI=1S/C15H29N3O/c1-13(2)5-7-17-8-10-18(11-9-17)15(19)14-4-3-6-16-12-14/h13-14,16H,3-12H2,1-2H3. The first-order valence-electron chi connectivity index (χ1n) is 7.88. The lowest BCUT2D eigenvalue weighted by atomic mass is 9.98. The first kappa shape index (κ1) is 14.8. The van der Waals surface area contributed by atoms with Crippen LogP contribution in [0.2, 0.25) is 0 Å². The molecule has 110 valence electrons. The molecular formula is C15H29N3O. The van der Waals surface area contributed by atoms with Gasteiger partial charge in [-0.3, -0.25) is 9.69 Å². The minimum absolute atomic E-state index is 0.232. The molecule has 0 radical (unpaired) electrons. The number of amides is 1. The van der Waals surface area contributed by atoms with Crippen LogP contribution in [0.25, 0.3) is 0 Å². The Labute approximate surface area is 117 Å². The molecule has 2 aliphatic heterocycles. The van der Waals surface area contributed by atoms with E-state index in [-0.39, 0.29) is 5.92 Å². The van der Waals surface area contributed by atoms with Crippen LogP contribution in [-0.2, 0) is 4.79 Å². The summed E-state index contributed by atoms with van der Waals surface area (Å²) in [6.45, 7) is 11.6. The van der Waals surface area contributed by atoms with Crippen LogP contribution in [0, 0.1) is 11.8 Å². The van der Waals surface area contributed by atoms with E-state index in [9.17, 15) is 4.79 Å². The quantitative estimate of drug-likeness (QED) is 0.831. The highest BCUT2D eigenvalue weighted by Crippen LogP contribution is 2.15. The average molecular weight is 267 g/mol. The third kappa shape index (κ3) is 4.46. The van der Waals surface area contributed by atoms with Gasteiger partial charge in [-0.15, -0.1) is 0 Å². The molecule has 2 saturated heterocycles. The van der Waals surface area contributed by atoms with E-state index in [1.807, 2.05) is 0 Å². The van der Waals surface area contributed by atoms with E-state index in [0.29, 0.717) is 5.91 Å². The van der Waals surface area contributed by atoms with Crippen LogP contribution in [0.1, 0.15) is 33.1 Å². The summed E-state index contributed by atoms with van der Waals surface area (Å²) in [6, 6.07) is 0. The van der Waals surface area contributed by atoms with Gasteiger partial charge in [-0.1, -0.05) is 13.8 Å². The maximum absolute atomic E-state index is 12.4. The maximum atomic E-state index is 12.4. The van der Waals surface area contributed by atoms with E-state index >= 15 is 0 Å². The lowest BCUT2D eigenvalue weighted by Crippen LogP contribution is -2.52. The monoisotopic (exact) mass is 267 g/mol. The molecule has 0 aromatic heterocycles. The van der Waals surface area contributed by atoms with Crippen LogP contribution in [0.15, 0.2) is 0 Å². The van der Waals surface area contributed by atoms with Crippen molar-refractivity contribution in [3.05, 3.63) is 0 Å². The second-order valence-electron chi connectivity index (χ2n) is 6.39. The number of rotatable bonds is 4. The van der Waals surface area contributed by atoms with Gasteiger partial charge >= 0.3 is 0 Å². The Morgan fingerprint density at radius 3 is 2.58 bits per heavy atom. The second kappa shape index (κ2) is 7.25. The van der Waals surface area contributed by atoms with E-state index in [1.165, 1.54) is 13.0 Å². The van der Waals surface area contributed by atoms with Crippen molar-refractivity contribution in [2.45, 2.75) is 33.1 Å². The zero-order valence-corrected chi connectivity index (χ0v) is 12.5. The van der Waals surface area contributed by atoms with Gasteiger partial charge in [0.2, 0.25) is 5.91 Å². The number of carbonyl (C=O) groups excluding carboxylic acids is 1. The molecule has 2 aliphatic rings. The molecule has 1 N–H and O–H groups in total. The number of nitrogens with one attached hydrogen (secondary N) is 1. The predicted octanol–water partition coefficient (Wildman–Crippen LogP) is 1.18. The zero-order valence-electron chi connectivity index (χ0n) is 12.5. The first-order valence-corrected chi connectivity index (χ1v) is 7.88. The molecule has 0 aromatic rings. The Balaban J connectivity index is 1.71. The number of hydrogen-bond acceptors (Lipinski definition) is 3. The van der Waals surface area contributed by atoms with Crippen molar-refractivity contribution in [3.63, 3.8) is 0 Å². The van der Waals surface area contributed by atoms with Gasteiger partial charge in [0, 0.05) is 32.7 Å². The molecule has 2 heterocycles. The minimum atomic E-state index is 0.232. The summed E-state index contributed by atoms with van der Waals surface area (Å²) >= 11 is 0. The van der Waals surface area contributed by atoms with Crippen LogP contribution in [-0.4, -0.2) is 61.5 Å². The molecule has 1 unspecified atom stereocenters. The molecule has 4 heteroatoms. The first-order chi connectivity index (χ1) is 9.16. The van der Waals surface area contributed by atoms with Crippen molar-refractivity contribution in [2.75, 3.05) is 45.8 Å². The van der Waals surface area contributed by atoms with Crippen molar-refractivity contribution < 1.29 is 4.79 Å². The van der Waals surface area contributed by atoms with Crippen molar-refractivity contribution in [3.8, 4) is 0 Å². The normalized spacial score (nSPS) is 25.8. The summed E-state index contributed by atoms with van der Waals surface area (Å²) in [4.78, 5) is 17.0. The third-order valence-electron chi connectivity index (χ3n) is 4.35. The molecule has 0 spiro atoms. The number of piperidine rings is 1. The highest BCUT2D eigenvalue weighted by Gasteiger charge is 2.28. The second-order valence-corrected chi connectivity index (χ2v) is 6.39. The van der Waals surface area contributed by atoms with Gasteiger partial charge in [0.05, 0.1) is 5.92 Å². The van der Waals surface area contributed by atoms with Crippen molar-refractivity contribution in [1.29, 1.82) is 0 Å². The molecule has 2 rings (SSSR count). The summed E-state index contributed by atoms with van der Waals surface area (Å²) in [5, 5.41) is 3.34. The number of hydrogen-bond donors (Lipinski definition) is 1. The van der Waals surface area contributed by atoms with E-state index < -0.39 is 0 Å². The fraction of sp³-hybridized carbons (Fsp3) is 0.933. The number of carbonyl (C=O) groups is 1. The largest absolute Gasteiger partial charge is 0.340 e.